The van der Waals surface area contributed by atoms with Gasteiger partial charge in [-0.2, -0.15) is 18.3 Å². The lowest BCUT2D eigenvalue weighted by atomic mass is 9.82. The first-order valence-electron chi connectivity index (χ1n) is 10.3. The number of hydrogen-bond donors (Lipinski definition) is 1. The van der Waals surface area contributed by atoms with Gasteiger partial charge in [0.1, 0.15) is 12.0 Å². The number of rotatable bonds is 7. The summed E-state index contributed by atoms with van der Waals surface area (Å²) >= 11 is 7.43. The van der Waals surface area contributed by atoms with Crippen LogP contribution >= 0.6 is 23.4 Å². The van der Waals surface area contributed by atoms with E-state index in [0.29, 0.717) is 5.69 Å². The largest absolute Gasteiger partial charge is 0.465 e. The van der Waals surface area contributed by atoms with Crippen LogP contribution in [0.25, 0.3) is 0 Å². The average Bonchev–Trinajstić information content (AvgIpc) is 3.10. The molecule has 1 aliphatic heterocycles. The summed E-state index contributed by atoms with van der Waals surface area (Å²) in [6, 6.07) is 10.5. The molecule has 0 radical (unpaired) electrons. The van der Waals surface area contributed by atoms with E-state index in [1.807, 2.05) is 24.5 Å². The van der Waals surface area contributed by atoms with Gasteiger partial charge >= 0.3 is 12.1 Å². The van der Waals surface area contributed by atoms with Gasteiger partial charge in [-0.1, -0.05) is 23.7 Å². The SMILES string of the molecule is CCOC(=O)C1(C)CN(CC(=O)Nc2cccc(SC)c2)N=C1c1ccc(C(F)(F)F)c(Cl)c1. The quantitative estimate of drug-likeness (QED) is 0.401. The van der Waals surface area contributed by atoms with Gasteiger partial charge in [-0.15, -0.1) is 11.8 Å². The summed E-state index contributed by atoms with van der Waals surface area (Å²) < 4.78 is 44.6. The smallest absolute Gasteiger partial charge is 0.417 e. The molecule has 0 aromatic heterocycles. The van der Waals surface area contributed by atoms with E-state index in [9.17, 15) is 22.8 Å². The van der Waals surface area contributed by atoms with E-state index < -0.39 is 28.1 Å². The minimum atomic E-state index is -4.62. The Morgan fingerprint density at radius 2 is 2.00 bits per heavy atom. The lowest BCUT2D eigenvalue weighted by Gasteiger charge is -2.24. The maximum atomic E-state index is 13.1. The number of ether oxygens (including phenoxy) is 1. The van der Waals surface area contributed by atoms with Crippen molar-refractivity contribution in [1.82, 2.24) is 5.01 Å². The topological polar surface area (TPSA) is 71.0 Å². The number of nitrogens with one attached hydrogen (secondary N) is 1. The predicted molar refractivity (Wildman–Crippen MR) is 126 cm³/mol. The van der Waals surface area contributed by atoms with Crippen molar-refractivity contribution in [2.45, 2.75) is 24.9 Å². The minimum absolute atomic E-state index is 0.0120. The van der Waals surface area contributed by atoms with Gasteiger partial charge in [0.15, 0.2) is 0 Å². The number of anilines is 1. The molecule has 1 heterocycles. The second-order valence-corrected chi connectivity index (χ2v) is 9.08. The summed E-state index contributed by atoms with van der Waals surface area (Å²) in [4.78, 5) is 26.4. The van der Waals surface area contributed by atoms with E-state index in [4.69, 9.17) is 16.3 Å². The van der Waals surface area contributed by atoms with Crippen LogP contribution in [0, 0.1) is 5.41 Å². The average molecular weight is 514 g/mol. The van der Waals surface area contributed by atoms with Crippen LogP contribution in [-0.2, 0) is 20.5 Å². The van der Waals surface area contributed by atoms with Gasteiger partial charge in [0.25, 0.3) is 0 Å². The first-order chi connectivity index (χ1) is 16.0. The molecule has 0 aliphatic carbocycles. The molecule has 0 fully saturated rings. The molecule has 1 amide bonds. The lowest BCUT2D eigenvalue weighted by molar-refractivity contribution is -0.150. The molecule has 1 aliphatic rings. The second kappa shape index (κ2) is 10.3. The van der Waals surface area contributed by atoms with E-state index in [0.717, 1.165) is 17.0 Å². The summed E-state index contributed by atoms with van der Waals surface area (Å²) in [5, 5.41) is 8.08. The molecule has 3 rings (SSSR count). The van der Waals surface area contributed by atoms with E-state index >= 15 is 0 Å². The highest BCUT2D eigenvalue weighted by Gasteiger charge is 2.47. The highest BCUT2D eigenvalue weighted by atomic mass is 35.5. The zero-order chi connectivity index (χ0) is 25.1. The molecule has 0 saturated carbocycles. The number of amides is 1. The van der Waals surface area contributed by atoms with Crippen molar-refractivity contribution in [2.75, 3.05) is 31.3 Å². The number of benzene rings is 2. The molecular weight excluding hydrogens is 491 g/mol. The first-order valence-corrected chi connectivity index (χ1v) is 11.9. The summed E-state index contributed by atoms with van der Waals surface area (Å²) in [6.07, 6.45) is -2.69. The number of hydrogen-bond acceptors (Lipinski definition) is 6. The van der Waals surface area contributed by atoms with Crippen molar-refractivity contribution in [1.29, 1.82) is 0 Å². The van der Waals surface area contributed by atoms with Crippen LogP contribution in [0.3, 0.4) is 0 Å². The van der Waals surface area contributed by atoms with E-state index in [1.165, 1.54) is 22.8 Å². The normalized spacial score (nSPS) is 18.0. The van der Waals surface area contributed by atoms with Crippen LogP contribution in [0.4, 0.5) is 18.9 Å². The summed E-state index contributed by atoms with van der Waals surface area (Å²) in [7, 11) is 0. The van der Waals surface area contributed by atoms with Gasteiger partial charge in [0.2, 0.25) is 5.91 Å². The van der Waals surface area contributed by atoms with Crippen molar-refractivity contribution < 1.29 is 27.5 Å². The molecule has 0 spiro atoms. The molecule has 1 atom stereocenters. The molecule has 6 nitrogen and oxygen atoms in total. The van der Waals surface area contributed by atoms with Crippen LogP contribution in [0.5, 0.6) is 0 Å². The highest BCUT2D eigenvalue weighted by Crippen LogP contribution is 2.38. The molecule has 2 aromatic rings. The molecule has 11 heteroatoms. The van der Waals surface area contributed by atoms with Crippen LogP contribution in [0.2, 0.25) is 5.02 Å². The highest BCUT2D eigenvalue weighted by molar-refractivity contribution is 7.98. The van der Waals surface area contributed by atoms with E-state index in [-0.39, 0.29) is 36.9 Å². The molecule has 182 valence electrons. The van der Waals surface area contributed by atoms with E-state index in [1.54, 1.807) is 19.9 Å². The Labute approximate surface area is 204 Å². The van der Waals surface area contributed by atoms with Crippen LogP contribution in [0.1, 0.15) is 25.0 Å². The van der Waals surface area contributed by atoms with Crippen molar-refractivity contribution in [3.63, 3.8) is 0 Å². The van der Waals surface area contributed by atoms with Gasteiger partial charge in [-0.05, 0) is 50.4 Å². The maximum Gasteiger partial charge on any atom is 0.417 e. The number of alkyl halides is 3. The first kappa shape index (κ1) is 25.9. The molecule has 2 aromatic carbocycles. The number of hydrazone groups is 1. The molecule has 1 N–H and O–H groups in total. The Morgan fingerprint density at radius 3 is 2.62 bits per heavy atom. The van der Waals surface area contributed by atoms with Gasteiger partial charge in [-0.3, -0.25) is 14.6 Å². The summed E-state index contributed by atoms with van der Waals surface area (Å²) in [5.74, 6) is -0.958. The Bertz CT molecular complexity index is 1130. The van der Waals surface area contributed by atoms with Crippen molar-refractivity contribution in [2.24, 2.45) is 10.5 Å². The monoisotopic (exact) mass is 513 g/mol. The number of halogens is 4. The van der Waals surface area contributed by atoms with Gasteiger partial charge in [0.05, 0.1) is 29.4 Å². The van der Waals surface area contributed by atoms with Crippen molar-refractivity contribution in [3.8, 4) is 0 Å². The molecule has 1 unspecified atom stereocenters. The maximum absolute atomic E-state index is 13.1. The number of esters is 1. The Kier molecular flexibility index (Phi) is 7.82. The fourth-order valence-corrected chi connectivity index (χ4v) is 4.35. The fraction of sp³-hybridized carbons (Fsp3) is 0.348. The standard InChI is InChI=1S/C23H23ClF3N3O3S/c1-4-33-21(32)22(2)13-30(12-19(31)28-15-6-5-7-16(11-15)34-3)29-20(22)14-8-9-17(18(24)10-14)23(25,26)27/h5-11H,4,12-13H2,1-3H3,(H,28,31). The van der Waals surface area contributed by atoms with Crippen LogP contribution < -0.4 is 5.32 Å². The van der Waals surface area contributed by atoms with E-state index in [2.05, 4.69) is 10.4 Å². The predicted octanol–water partition coefficient (Wildman–Crippen LogP) is 5.31. The molecule has 0 saturated heterocycles. The number of thioether (sulfide) groups is 1. The number of carbonyl (C=O) groups excluding carboxylic acids is 2. The van der Waals surface area contributed by atoms with Gasteiger partial charge in [-0.25, -0.2) is 0 Å². The van der Waals surface area contributed by atoms with Crippen LogP contribution in [0.15, 0.2) is 52.5 Å². The zero-order valence-electron chi connectivity index (χ0n) is 18.7. The molecule has 0 bridgehead atoms. The minimum Gasteiger partial charge on any atom is -0.465 e. The van der Waals surface area contributed by atoms with Gasteiger partial charge < -0.3 is 10.1 Å². The Hall–Kier alpha value is -2.72. The number of nitrogens with zero attached hydrogens (tertiary/aromatic N) is 2. The third-order valence-corrected chi connectivity index (χ3v) is 6.25. The zero-order valence-corrected chi connectivity index (χ0v) is 20.3. The second-order valence-electron chi connectivity index (χ2n) is 7.80. The van der Waals surface area contributed by atoms with Crippen LogP contribution in [-0.4, -0.2) is 48.5 Å². The number of carbonyl (C=O) groups is 2. The summed E-state index contributed by atoms with van der Waals surface area (Å²) in [6.45, 7) is 3.18. The Morgan fingerprint density at radius 1 is 1.26 bits per heavy atom. The lowest BCUT2D eigenvalue weighted by Crippen LogP contribution is -2.41. The van der Waals surface area contributed by atoms with Crippen molar-refractivity contribution in [3.05, 3.63) is 58.6 Å². The third kappa shape index (κ3) is 5.67. The van der Waals surface area contributed by atoms with Gasteiger partial charge in [0, 0.05) is 16.1 Å². The fourth-order valence-electron chi connectivity index (χ4n) is 3.61. The third-order valence-electron chi connectivity index (χ3n) is 5.22. The summed E-state index contributed by atoms with van der Waals surface area (Å²) in [5.41, 5.74) is -1.26. The Balaban J connectivity index is 1.88. The van der Waals surface area contributed by atoms with Crippen molar-refractivity contribution >= 4 is 46.6 Å². The molecular formula is C23H23ClF3N3O3S. The molecule has 34 heavy (non-hydrogen) atoms.